The highest BCUT2D eigenvalue weighted by Gasteiger charge is 2.07. The third-order valence-electron chi connectivity index (χ3n) is 3.80. The average Bonchev–Trinajstić information content (AvgIpc) is 2.96. The second kappa shape index (κ2) is 7.51. The Kier molecular flexibility index (Phi) is 5.19. The molecule has 2 heterocycles. The van der Waals surface area contributed by atoms with E-state index in [4.69, 9.17) is 0 Å². The maximum absolute atomic E-state index is 11.9. The topological polar surface area (TPSA) is 54.0 Å². The number of hydrogen-bond acceptors (Lipinski definition) is 4. The van der Waals surface area contributed by atoms with Gasteiger partial charge in [0.15, 0.2) is 0 Å². The lowest BCUT2D eigenvalue weighted by molar-refractivity contribution is -0.121. The molecule has 116 valence electrons. The first-order valence-corrected chi connectivity index (χ1v) is 8.63. The lowest BCUT2D eigenvalue weighted by atomic mass is 10.1. The number of nitrogens with zero attached hydrogens (tertiary/aromatic N) is 1. The molecule has 1 amide bonds. The summed E-state index contributed by atoms with van der Waals surface area (Å²) in [5.41, 5.74) is 2.39. The van der Waals surface area contributed by atoms with Crippen LogP contribution in [-0.2, 0) is 11.2 Å². The van der Waals surface area contributed by atoms with Crippen LogP contribution >= 0.6 is 11.3 Å². The van der Waals surface area contributed by atoms with E-state index in [2.05, 4.69) is 27.8 Å². The number of amides is 1. The van der Waals surface area contributed by atoms with E-state index >= 15 is 0 Å². The Morgan fingerprint density at radius 3 is 3.09 bits per heavy atom. The number of para-hydroxylation sites is 1. The maximum Gasteiger partial charge on any atom is 0.220 e. The van der Waals surface area contributed by atoms with Crippen molar-refractivity contribution in [2.24, 2.45) is 0 Å². The minimum atomic E-state index is 0.139. The standard InChI is InChI=1S/C17H21N3OS/c21-16(19-12-13-8-10-18-11-9-13)6-3-7-17-20-14-4-1-2-5-15(14)22-17/h1-2,4-5,8,18H,3,6-7,9-12H2,(H,19,21). The molecule has 0 radical (unpaired) electrons. The molecule has 0 atom stereocenters. The van der Waals surface area contributed by atoms with E-state index in [-0.39, 0.29) is 5.91 Å². The van der Waals surface area contributed by atoms with Gasteiger partial charge in [0.1, 0.15) is 0 Å². The van der Waals surface area contributed by atoms with Crippen LogP contribution in [0.15, 0.2) is 35.9 Å². The van der Waals surface area contributed by atoms with Gasteiger partial charge in [-0.1, -0.05) is 23.8 Å². The fourth-order valence-corrected chi connectivity index (χ4v) is 3.57. The highest BCUT2D eigenvalue weighted by molar-refractivity contribution is 7.18. The number of benzene rings is 1. The molecular weight excluding hydrogens is 294 g/mol. The van der Waals surface area contributed by atoms with Crippen molar-refractivity contribution in [2.45, 2.75) is 25.7 Å². The average molecular weight is 315 g/mol. The largest absolute Gasteiger partial charge is 0.352 e. The van der Waals surface area contributed by atoms with E-state index in [1.807, 2.05) is 18.2 Å². The number of hydrogen-bond donors (Lipinski definition) is 2. The van der Waals surface area contributed by atoms with Crippen LogP contribution < -0.4 is 10.6 Å². The molecule has 0 spiro atoms. The maximum atomic E-state index is 11.9. The Morgan fingerprint density at radius 1 is 1.36 bits per heavy atom. The van der Waals surface area contributed by atoms with Crippen LogP contribution in [0.3, 0.4) is 0 Å². The van der Waals surface area contributed by atoms with E-state index in [0.717, 1.165) is 42.9 Å². The van der Waals surface area contributed by atoms with E-state index in [1.54, 1.807) is 11.3 Å². The summed E-state index contributed by atoms with van der Waals surface area (Å²) >= 11 is 1.73. The predicted molar refractivity (Wildman–Crippen MR) is 91.1 cm³/mol. The number of carbonyl (C=O) groups is 1. The first-order chi connectivity index (χ1) is 10.8. The first-order valence-electron chi connectivity index (χ1n) is 7.81. The normalized spacial score (nSPS) is 14.8. The van der Waals surface area contributed by atoms with Crippen LogP contribution in [0.1, 0.15) is 24.3 Å². The molecule has 0 unspecified atom stereocenters. The summed E-state index contributed by atoms with van der Waals surface area (Å²) in [6.45, 7) is 2.63. The monoisotopic (exact) mass is 315 g/mol. The van der Waals surface area contributed by atoms with Gasteiger partial charge in [-0.25, -0.2) is 4.98 Å². The molecule has 5 heteroatoms. The molecule has 0 aliphatic carbocycles. The van der Waals surface area contributed by atoms with Gasteiger partial charge in [0.05, 0.1) is 15.2 Å². The van der Waals surface area contributed by atoms with E-state index in [9.17, 15) is 4.79 Å². The van der Waals surface area contributed by atoms with Crippen molar-refractivity contribution in [2.75, 3.05) is 19.6 Å². The van der Waals surface area contributed by atoms with E-state index in [1.165, 1.54) is 10.3 Å². The SMILES string of the molecule is O=C(CCCc1nc2ccccc2s1)NCC1=CCNCC1. The molecular formula is C17H21N3OS. The minimum Gasteiger partial charge on any atom is -0.352 e. The van der Waals surface area contributed by atoms with Crippen molar-refractivity contribution >= 4 is 27.5 Å². The summed E-state index contributed by atoms with van der Waals surface area (Å²) in [5, 5.41) is 7.40. The van der Waals surface area contributed by atoms with Crippen LogP contribution in [0, 0.1) is 0 Å². The lowest BCUT2D eigenvalue weighted by Gasteiger charge is -2.14. The Morgan fingerprint density at radius 2 is 2.27 bits per heavy atom. The highest BCUT2D eigenvalue weighted by atomic mass is 32.1. The van der Waals surface area contributed by atoms with Crippen molar-refractivity contribution < 1.29 is 4.79 Å². The molecule has 1 aliphatic rings. The summed E-state index contributed by atoms with van der Waals surface area (Å²) < 4.78 is 1.22. The van der Waals surface area contributed by atoms with Crippen LogP contribution in [0.25, 0.3) is 10.2 Å². The van der Waals surface area contributed by atoms with Gasteiger partial charge in [-0.2, -0.15) is 0 Å². The van der Waals surface area contributed by atoms with E-state index in [0.29, 0.717) is 13.0 Å². The van der Waals surface area contributed by atoms with Crippen molar-refractivity contribution in [3.8, 4) is 0 Å². The molecule has 2 N–H and O–H groups in total. The minimum absolute atomic E-state index is 0.139. The molecule has 0 bridgehead atoms. The Labute approximate surface area is 134 Å². The number of rotatable bonds is 6. The predicted octanol–water partition coefficient (Wildman–Crippen LogP) is 2.65. The fourth-order valence-electron chi connectivity index (χ4n) is 2.56. The Balaban J connectivity index is 1.40. The second-order valence-corrected chi connectivity index (χ2v) is 6.64. The van der Waals surface area contributed by atoms with E-state index < -0.39 is 0 Å². The molecule has 1 aliphatic heterocycles. The van der Waals surface area contributed by atoms with Crippen molar-refractivity contribution in [3.63, 3.8) is 0 Å². The van der Waals surface area contributed by atoms with Crippen LogP contribution in [-0.4, -0.2) is 30.5 Å². The third-order valence-corrected chi connectivity index (χ3v) is 4.90. The zero-order valence-corrected chi connectivity index (χ0v) is 13.4. The summed E-state index contributed by atoms with van der Waals surface area (Å²) in [6, 6.07) is 8.17. The smallest absolute Gasteiger partial charge is 0.220 e. The molecule has 22 heavy (non-hydrogen) atoms. The number of nitrogens with one attached hydrogen (secondary N) is 2. The molecule has 0 fully saturated rings. The summed E-state index contributed by atoms with van der Waals surface area (Å²) in [5.74, 6) is 0.139. The first kappa shape index (κ1) is 15.2. The summed E-state index contributed by atoms with van der Waals surface area (Å²) in [4.78, 5) is 16.5. The lowest BCUT2D eigenvalue weighted by Crippen LogP contribution is -2.29. The van der Waals surface area contributed by atoms with Crippen LogP contribution in [0.5, 0.6) is 0 Å². The summed E-state index contributed by atoms with van der Waals surface area (Å²) in [7, 11) is 0. The van der Waals surface area contributed by atoms with Crippen molar-refractivity contribution in [1.29, 1.82) is 0 Å². The van der Waals surface area contributed by atoms with Crippen molar-refractivity contribution in [3.05, 3.63) is 40.9 Å². The van der Waals surface area contributed by atoms with Gasteiger partial charge in [-0.05, 0) is 37.9 Å². The fraction of sp³-hybridized carbons (Fsp3) is 0.412. The van der Waals surface area contributed by atoms with Gasteiger partial charge in [0.2, 0.25) is 5.91 Å². The number of aromatic nitrogens is 1. The summed E-state index contributed by atoms with van der Waals surface area (Å²) in [6.07, 6.45) is 5.50. The highest BCUT2D eigenvalue weighted by Crippen LogP contribution is 2.22. The molecule has 2 aromatic rings. The van der Waals surface area contributed by atoms with Crippen molar-refractivity contribution in [1.82, 2.24) is 15.6 Å². The van der Waals surface area contributed by atoms with Crippen LogP contribution in [0.4, 0.5) is 0 Å². The third kappa shape index (κ3) is 4.15. The van der Waals surface area contributed by atoms with Gasteiger partial charge >= 0.3 is 0 Å². The molecule has 0 saturated carbocycles. The molecule has 0 saturated heterocycles. The number of carbonyl (C=O) groups excluding carboxylic acids is 1. The van der Waals surface area contributed by atoms with Gasteiger partial charge in [-0.3, -0.25) is 4.79 Å². The number of fused-ring (bicyclic) bond motifs is 1. The van der Waals surface area contributed by atoms with Gasteiger partial charge in [-0.15, -0.1) is 11.3 Å². The molecule has 1 aromatic heterocycles. The quantitative estimate of drug-likeness (QED) is 0.806. The van der Waals surface area contributed by atoms with Gasteiger partial charge in [0, 0.05) is 19.5 Å². The Hall–Kier alpha value is -1.72. The molecule has 4 nitrogen and oxygen atoms in total. The molecule has 3 rings (SSSR count). The molecule has 1 aromatic carbocycles. The Bertz CT molecular complexity index is 644. The zero-order chi connectivity index (χ0) is 15.2. The second-order valence-electron chi connectivity index (χ2n) is 5.52. The number of aryl methyl sites for hydroxylation is 1. The van der Waals surface area contributed by atoms with Crippen LogP contribution in [0.2, 0.25) is 0 Å². The zero-order valence-electron chi connectivity index (χ0n) is 12.6. The van der Waals surface area contributed by atoms with Gasteiger partial charge < -0.3 is 10.6 Å². The number of thiazole rings is 1. The van der Waals surface area contributed by atoms with Gasteiger partial charge in [0.25, 0.3) is 0 Å².